The molecule has 0 atom stereocenters. The number of carbonyl (C=O) groups is 1. The summed E-state index contributed by atoms with van der Waals surface area (Å²) in [4.78, 5) is 18.4. The van der Waals surface area contributed by atoms with Crippen LogP contribution < -0.4 is 5.32 Å². The van der Waals surface area contributed by atoms with E-state index in [1.165, 1.54) is 16.9 Å². The highest BCUT2D eigenvalue weighted by molar-refractivity contribution is 7.13. The van der Waals surface area contributed by atoms with Crippen molar-refractivity contribution in [1.82, 2.24) is 20.1 Å². The second-order valence-electron chi connectivity index (χ2n) is 5.42. The third kappa shape index (κ3) is 3.68. The summed E-state index contributed by atoms with van der Waals surface area (Å²) in [5.74, 6) is 0.579. The number of nitrogens with zero attached hydrogens (tertiary/aromatic N) is 3. The van der Waals surface area contributed by atoms with Gasteiger partial charge in [-0.3, -0.25) is 14.8 Å². The number of thiazole rings is 1. The highest BCUT2D eigenvalue weighted by Gasteiger charge is 2.22. The lowest BCUT2D eigenvalue weighted by molar-refractivity contribution is -0.117. The Bertz CT molecular complexity index is 586. The summed E-state index contributed by atoms with van der Waals surface area (Å²) in [5.41, 5.74) is 2.22. The van der Waals surface area contributed by atoms with Crippen LogP contribution in [0.2, 0.25) is 0 Å². The Morgan fingerprint density at radius 3 is 2.95 bits per heavy atom. The Balaban J connectivity index is 1.45. The van der Waals surface area contributed by atoms with Gasteiger partial charge in [0.2, 0.25) is 5.91 Å². The van der Waals surface area contributed by atoms with Gasteiger partial charge in [0.1, 0.15) is 0 Å². The molecule has 2 N–H and O–H groups in total. The molecule has 7 heteroatoms. The summed E-state index contributed by atoms with van der Waals surface area (Å²) in [5, 5.41) is 12.4. The molecule has 1 aliphatic rings. The number of hydrogen-bond donors (Lipinski definition) is 2. The minimum atomic E-state index is 0.0195. The smallest absolute Gasteiger partial charge is 0.240 e. The molecule has 3 heterocycles. The monoisotopic (exact) mass is 305 g/mol. The van der Waals surface area contributed by atoms with Crippen LogP contribution in [-0.4, -0.2) is 45.6 Å². The number of aryl methyl sites for hydroxylation is 1. The van der Waals surface area contributed by atoms with Gasteiger partial charge < -0.3 is 5.32 Å². The first-order chi connectivity index (χ1) is 10.2. The zero-order chi connectivity index (χ0) is 14.7. The summed E-state index contributed by atoms with van der Waals surface area (Å²) in [6, 6.07) is 0. The highest BCUT2D eigenvalue weighted by atomic mass is 32.1. The average Bonchev–Trinajstić information content (AvgIpc) is 3.11. The Hall–Kier alpha value is -1.73. The van der Waals surface area contributed by atoms with E-state index in [0.29, 0.717) is 17.6 Å². The van der Waals surface area contributed by atoms with E-state index >= 15 is 0 Å². The van der Waals surface area contributed by atoms with E-state index in [1.807, 2.05) is 24.7 Å². The van der Waals surface area contributed by atoms with Crippen molar-refractivity contribution >= 4 is 22.4 Å². The third-order valence-electron chi connectivity index (χ3n) is 3.81. The molecule has 1 fully saturated rings. The molecule has 1 aliphatic heterocycles. The predicted molar refractivity (Wildman–Crippen MR) is 82.5 cm³/mol. The van der Waals surface area contributed by atoms with E-state index in [1.54, 1.807) is 0 Å². The fraction of sp³-hybridized carbons (Fsp3) is 0.500. The van der Waals surface area contributed by atoms with E-state index in [0.717, 1.165) is 31.6 Å². The van der Waals surface area contributed by atoms with Gasteiger partial charge in [0, 0.05) is 11.6 Å². The topological polar surface area (TPSA) is 73.9 Å². The zero-order valence-corrected chi connectivity index (χ0v) is 12.8. The number of aromatic amines is 1. The molecule has 0 unspecified atom stereocenters. The van der Waals surface area contributed by atoms with Gasteiger partial charge in [-0.15, -0.1) is 11.3 Å². The SMILES string of the molecule is Cc1csc(NC(=O)CN2CCC(c3cn[nH]c3)CC2)n1. The van der Waals surface area contributed by atoms with Gasteiger partial charge in [-0.05, 0) is 44.3 Å². The van der Waals surface area contributed by atoms with Crippen molar-refractivity contribution in [2.24, 2.45) is 0 Å². The molecule has 1 amide bonds. The van der Waals surface area contributed by atoms with E-state index in [4.69, 9.17) is 0 Å². The highest BCUT2D eigenvalue weighted by Crippen LogP contribution is 2.26. The first-order valence-electron chi connectivity index (χ1n) is 7.14. The minimum absolute atomic E-state index is 0.0195. The average molecular weight is 305 g/mol. The number of piperidine rings is 1. The van der Waals surface area contributed by atoms with Crippen LogP contribution in [0.1, 0.15) is 30.0 Å². The number of hydrogen-bond acceptors (Lipinski definition) is 5. The second kappa shape index (κ2) is 6.36. The molecule has 0 bridgehead atoms. The summed E-state index contributed by atoms with van der Waals surface area (Å²) < 4.78 is 0. The standard InChI is InChI=1S/C14H19N5OS/c1-10-9-21-14(17-10)18-13(20)8-19-4-2-11(3-5-19)12-6-15-16-7-12/h6-7,9,11H,2-5,8H2,1H3,(H,15,16)(H,17,18,20). The second-order valence-corrected chi connectivity index (χ2v) is 6.28. The van der Waals surface area contributed by atoms with Crippen LogP contribution in [0.25, 0.3) is 0 Å². The van der Waals surface area contributed by atoms with Gasteiger partial charge in [0.15, 0.2) is 5.13 Å². The van der Waals surface area contributed by atoms with Crippen molar-refractivity contribution in [2.75, 3.05) is 25.0 Å². The molecular formula is C14H19N5OS. The first-order valence-corrected chi connectivity index (χ1v) is 8.01. The molecule has 1 saturated heterocycles. The quantitative estimate of drug-likeness (QED) is 0.906. The maximum atomic E-state index is 12.0. The van der Waals surface area contributed by atoms with Gasteiger partial charge in [0.05, 0.1) is 18.4 Å². The van der Waals surface area contributed by atoms with Crippen LogP contribution in [0.3, 0.4) is 0 Å². The number of amides is 1. The molecule has 0 spiro atoms. The van der Waals surface area contributed by atoms with Gasteiger partial charge in [-0.2, -0.15) is 5.10 Å². The Morgan fingerprint density at radius 2 is 2.33 bits per heavy atom. The minimum Gasteiger partial charge on any atom is -0.301 e. The van der Waals surface area contributed by atoms with E-state index < -0.39 is 0 Å². The fourth-order valence-electron chi connectivity index (χ4n) is 2.68. The maximum absolute atomic E-state index is 12.0. The van der Waals surface area contributed by atoms with E-state index in [-0.39, 0.29) is 5.91 Å². The number of aromatic nitrogens is 3. The van der Waals surface area contributed by atoms with E-state index in [2.05, 4.69) is 25.4 Å². The summed E-state index contributed by atoms with van der Waals surface area (Å²) in [6.07, 6.45) is 6.02. The van der Waals surface area contributed by atoms with Crippen LogP contribution in [0.4, 0.5) is 5.13 Å². The van der Waals surface area contributed by atoms with Gasteiger partial charge in [-0.1, -0.05) is 0 Å². The molecule has 0 aromatic carbocycles. The first kappa shape index (κ1) is 14.2. The number of carbonyl (C=O) groups excluding carboxylic acids is 1. The van der Waals surface area contributed by atoms with Gasteiger partial charge >= 0.3 is 0 Å². The lowest BCUT2D eigenvalue weighted by Crippen LogP contribution is -2.38. The van der Waals surface area contributed by atoms with Crippen molar-refractivity contribution < 1.29 is 4.79 Å². The van der Waals surface area contributed by atoms with Crippen LogP contribution in [0, 0.1) is 6.92 Å². The number of H-pyrrole nitrogens is 1. The third-order valence-corrected chi connectivity index (χ3v) is 4.69. The number of nitrogens with one attached hydrogen (secondary N) is 2. The Morgan fingerprint density at radius 1 is 1.52 bits per heavy atom. The maximum Gasteiger partial charge on any atom is 0.240 e. The molecule has 3 rings (SSSR count). The van der Waals surface area contributed by atoms with Crippen LogP contribution in [0.15, 0.2) is 17.8 Å². The van der Waals surface area contributed by atoms with Crippen molar-refractivity contribution in [3.63, 3.8) is 0 Å². The van der Waals surface area contributed by atoms with E-state index in [9.17, 15) is 4.79 Å². The molecule has 112 valence electrons. The lowest BCUT2D eigenvalue weighted by Gasteiger charge is -2.30. The van der Waals surface area contributed by atoms with Crippen molar-refractivity contribution in [2.45, 2.75) is 25.7 Å². The molecule has 2 aromatic heterocycles. The van der Waals surface area contributed by atoms with Crippen molar-refractivity contribution in [3.8, 4) is 0 Å². The Labute approximate surface area is 127 Å². The summed E-state index contributed by atoms with van der Waals surface area (Å²) in [6.45, 7) is 4.25. The summed E-state index contributed by atoms with van der Waals surface area (Å²) >= 11 is 1.47. The lowest BCUT2D eigenvalue weighted by atomic mass is 9.92. The molecule has 6 nitrogen and oxygen atoms in total. The van der Waals surface area contributed by atoms with Crippen LogP contribution >= 0.6 is 11.3 Å². The fourth-order valence-corrected chi connectivity index (χ4v) is 3.39. The largest absolute Gasteiger partial charge is 0.301 e. The number of rotatable bonds is 4. The molecule has 0 radical (unpaired) electrons. The Kier molecular flexibility index (Phi) is 4.31. The van der Waals surface area contributed by atoms with Crippen LogP contribution in [-0.2, 0) is 4.79 Å². The normalized spacial score (nSPS) is 17.0. The number of likely N-dealkylation sites (tertiary alicyclic amines) is 1. The molecule has 2 aromatic rings. The molecular weight excluding hydrogens is 286 g/mol. The van der Waals surface area contributed by atoms with Crippen molar-refractivity contribution in [3.05, 3.63) is 29.0 Å². The summed E-state index contributed by atoms with van der Waals surface area (Å²) in [7, 11) is 0. The molecule has 0 aliphatic carbocycles. The van der Waals surface area contributed by atoms with Crippen molar-refractivity contribution in [1.29, 1.82) is 0 Å². The predicted octanol–water partition coefficient (Wildman–Crippen LogP) is 1.99. The van der Waals surface area contributed by atoms with Gasteiger partial charge in [0.25, 0.3) is 0 Å². The van der Waals surface area contributed by atoms with Gasteiger partial charge in [-0.25, -0.2) is 4.98 Å². The zero-order valence-electron chi connectivity index (χ0n) is 12.0. The van der Waals surface area contributed by atoms with Crippen LogP contribution in [0.5, 0.6) is 0 Å². The number of anilines is 1. The molecule has 21 heavy (non-hydrogen) atoms. The molecule has 0 saturated carbocycles.